The summed E-state index contributed by atoms with van der Waals surface area (Å²) < 4.78 is 17.3. The molecule has 0 radical (unpaired) electrons. The van der Waals surface area contributed by atoms with Crippen molar-refractivity contribution in [1.29, 1.82) is 0 Å². The van der Waals surface area contributed by atoms with Gasteiger partial charge in [0.05, 0.1) is 12.7 Å². The Morgan fingerprint density at radius 1 is 1.13 bits per heavy atom. The number of rotatable bonds is 8. The Hall–Kier alpha value is -2.53. The number of hydrogen-bond acceptors (Lipinski definition) is 4. The molecule has 30 heavy (non-hydrogen) atoms. The van der Waals surface area contributed by atoms with E-state index < -0.39 is 0 Å². The van der Waals surface area contributed by atoms with Crippen LogP contribution in [0.25, 0.3) is 0 Å². The Balaban J connectivity index is 1.67. The average Bonchev–Trinajstić information content (AvgIpc) is 3.25. The van der Waals surface area contributed by atoms with Crippen LogP contribution in [0.3, 0.4) is 0 Å². The van der Waals surface area contributed by atoms with E-state index in [4.69, 9.17) is 14.2 Å². The van der Waals surface area contributed by atoms with Crippen molar-refractivity contribution in [2.45, 2.75) is 58.7 Å². The Morgan fingerprint density at radius 2 is 1.90 bits per heavy atom. The zero-order chi connectivity index (χ0) is 21.6. The summed E-state index contributed by atoms with van der Waals surface area (Å²) in [5.74, 6) is 1.42. The van der Waals surface area contributed by atoms with E-state index in [-0.39, 0.29) is 17.4 Å². The third-order valence-corrected chi connectivity index (χ3v) is 5.25. The van der Waals surface area contributed by atoms with Gasteiger partial charge in [0.15, 0.2) is 0 Å². The van der Waals surface area contributed by atoms with Crippen molar-refractivity contribution in [2.75, 3.05) is 19.8 Å². The molecule has 2 aromatic carbocycles. The lowest BCUT2D eigenvalue weighted by molar-refractivity contribution is 0.0857. The van der Waals surface area contributed by atoms with Gasteiger partial charge in [-0.25, -0.2) is 0 Å². The second kappa shape index (κ2) is 9.98. The summed E-state index contributed by atoms with van der Waals surface area (Å²) >= 11 is 0. The second-order valence-corrected chi connectivity index (χ2v) is 8.66. The summed E-state index contributed by atoms with van der Waals surface area (Å²) in [6, 6.07) is 13.6. The van der Waals surface area contributed by atoms with Crippen LogP contribution in [0, 0.1) is 0 Å². The van der Waals surface area contributed by atoms with Crippen molar-refractivity contribution in [2.24, 2.45) is 0 Å². The van der Waals surface area contributed by atoms with Crippen LogP contribution < -0.4 is 14.8 Å². The minimum Gasteiger partial charge on any atom is -0.493 e. The summed E-state index contributed by atoms with van der Waals surface area (Å²) in [4.78, 5) is 12.6. The number of carbonyl (C=O) groups excluding carboxylic acids is 1. The van der Waals surface area contributed by atoms with Gasteiger partial charge in [-0.3, -0.25) is 4.79 Å². The first-order valence-electron chi connectivity index (χ1n) is 10.8. The van der Waals surface area contributed by atoms with E-state index >= 15 is 0 Å². The normalized spacial score (nSPS) is 16.3. The summed E-state index contributed by atoms with van der Waals surface area (Å²) in [6.45, 7) is 10.7. The second-order valence-electron chi connectivity index (χ2n) is 8.66. The lowest BCUT2D eigenvalue weighted by Crippen LogP contribution is -2.31. The largest absolute Gasteiger partial charge is 0.493 e. The van der Waals surface area contributed by atoms with Crippen molar-refractivity contribution < 1.29 is 19.0 Å². The summed E-state index contributed by atoms with van der Waals surface area (Å²) in [7, 11) is 0. The van der Waals surface area contributed by atoms with Crippen LogP contribution in [0.5, 0.6) is 11.5 Å². The number of amides is 1. The van der Waals surface area contributed by atoms with E-state index in [2.05, 4.69) is 38.2 Å². The molecule has 5 heteroatoms. The fourth-order valence-corrected chi connectivity index (χ4v) is 3.46. The van der Waals surface area contributed by atoms with Gasteiger partial charge >= 0.3 is 0 Å². The standard InChI is InChI=1S/C25H33NO4/c1-5-28-23-13-8-18(24(27)26-16-22-7-6-14-29-22)15-19(23)17-30-21-11-9-20(10-12-21)25(2,3)4/h8-13,15,22H,5-7,14,16-17H2,1-4H3,(H,26,27)/t22-/m1/s1. The van der Waals surface area contributed by atoms with Crippen LogP contribution in [0.1, 0.15) is 62.0 Å². The third-order valence-electron chi connectivity index (χ3n) is 5.25. The van der Waals surface area contributed by atoms with E-state index in [0.717, 1.165) is 36.5 Å². The molecular weight excluding hydrogens is 378 g/mol. The van der Waals surface area contributed by atoms with Crippen LogP contribution in [-0.4, -0.2) is 31.8 Å². The number of nitrogens with one attached hydrogen (secondary N) is 1. The number of carbonyl (C=O) groups is 1. The first-order chi connectivity index (χ1) is 14.4. The molecule has 162 valence electrons. The fraction of sp³-hybridized carbons (Fsp3) is 0.480. The predicted octanol–water partition coefficient (Wildman–Crippen LogP) is 4.87. The van der Waals surface area contributed by atoms with Gasteiger partial charge in [0.2, 0.25) is 0 Å². The van der Waals surface area contributed by atoms with Crippen molar-refractivity contribution in [3.05, 3.63) is 59.2 Å². The predicted molar refractivity (Wildman–Crippen MR) is 118 cm³/mol. The molecule has 1 N–H and O–H groups in total. The molecule has 0 spiro atoms. The molecule has 3 rings (SSSR count). The fourth-order valence-electron chi connectivity index (χ4n) is 3.46. The molecule has 2 aromatic rings. The van der Waals surface area contributed by atoms with Crippen molar-refractivity contribution in [3.63, 3.8) is 0 Å². The summed E-state index contributed by atoms with van der Waals surface area (Å²) in [5.41, 5.74) is 2.81. The molecule has 1 amide bonds. The van der Waals surface area contributed by atoms with Gasteiger partial charge in [-0.15, -0.1) is 0 Å². The van der Waals surface area contributed by atoms with E-state index in [0.29, 0.717) is 25.3 Å². The van der Waals surface area contributed by atoms with Crippen LogP contribution >= 0.6 is 0 Å². The molecule has 5 nitrogen and oxygen atoms in total. The highest BCUT2D eigenvalue weighted by Gasteiger charge is 2.18. The topological polar surface area (TPSA) is 56.8 Å². The van der Waals surface area contributed by atoms with Gasteiger partial charge in [0.25, 0.3) is 5.91 Å². The molecule has 0 bridgehead atoms. The number of benzene rings is 2. The van der Waals surface area contributed by atoms with Crippen LogP contribution in [0.15, 0.2) is 42.5 Å². The minimum absolute atomic E-state index is 0.103. The first-order valence-corrected chi connectivity index (χ1v) is 10.8. The third kappa shape index (κ3) is 5.99. The number of ether oxygens (including phenoxy) is 3. The molecular formula is C25H33NO4. The summed E-state index contributed by atoms with van der Waals surface area (Å²) in [5, 5.41) is 2.97. The molecule has 0 aliphatic carbocycles. The Kier molecular flexibility index (Phi) is 7.38. The molecule has 1 fully saturated rings. The van der Waals surface area contributed by atoms with Gasteiger partial charge in [-0.1, -0.05) is 32.9 Å². The van der Waals surface area contributed by atoms with Crippen LogP contribution in [-0.2, 0) is 16.8 Å². The lowest BCUT2D eigenvalue weighted by atomic mass is 9.87. The molecule has 0 aromatic heterocycles. The van der Waals surface area contributed by atoms with Crippen molar-refractivity contribution in [3.8, 4) is 11.5 Å². The van der Waals surface area contributed by atoms with E-state index in [1.54, 1.807) is 6.07 Å². The highest BCUT2D eigenvalue weighted by Crippen LogP contribution is 2.26. The highest BCUT2D eigenvalue weighted by molar-refractivity contribution is 5.94. The molecule has 1 aliphatic rings. The Morgan fingerprint density at radius 3 is 2.53 bits per heavy atom. The number of hydrogen-bond donors (Lipinski definition) is 1. The van der Waals surface area contributed by atoms with Crippen molar-refractivity contribution >= 4 is 5.91 Å². The van der Waals surface area contributed by atoms with E-state index in [1.165, 1.54) is 5.56 Å². The summed E-state index contributed by atoms with van der Waals surface area (Å²) in [6.07, 6.45) is 2.17. The molecule has 1 aliphatic heterocycles. The zero-order valence-electron chi connectivity index (χ0n) is 18.5. The highest BCUT2D eigenvalue weighted by atomic mass is 16.5. The minimum atomic E-state index is -0.107. The van der Waals surface area contributed by atoms with Gasteiger partial charge in [0.1, 0.15) is 18.1 Å². The maximum Gasteiger partial charge on any atom is 0.251 e. The van der Waals surface area contributed by atoms with Gasteiger partial charge in [-0.05, 0) is 61.1 Å². The zero-order valence-corrected chi connectivity index (χ0v) is 18.5. The molecule has 1 saturated heterocycles. The SMILES string of the molecule is CCOc1ccc(C(=O)NC[C@H]2CCCO2)cc1COc1ccc(C(C)(C)C)cc1. The monoisotopic (exact) mass is 411 g/mol. The van der Waals surface area contributed by atoms with Gasteiger partial charge in [0, 0.05) is 24.3 Å². The van der Waals surface area contributed by atoms with E-state index in [9.17, 15) is 4.79 Å². The Labute approximate surface area is 179 Å². The molecule has 1 atom stereocenters. The van der Waals surface area contributed by atoms with Crippen LogP contribution in [0.2, 0.25) is 0 Å². The average molecular weight is 412 g/mol. The van der Waals surface area contributed by atoms with E-state index in [1.807, 2.05) is 31.2 Å². The quantitative estimate of drug-likeness (QED) is 0.673. The molecule has 0 unspecified atom stereocenters. The first kappa shape index (κ1) is 22.2. The Bertz CT molecular complexity index is 833. The van der Waals surface area contributed by atoms with Crippen LogP contribution in [0.4, 0.5) is 0 Å². The van der Waals surface area contributed by atoms with Gasteiger partial charge in [-0.2, -0.15) is 0 Å². The maximum absolute atomic E-state index is 12.6. The molecule has 1 heterocycles. The van der Waals surface area contributed by atoms with Crippen molar-refractivity contribution in [1.82, 2.24) is 5.32 Å². The van der Waals surface area contributed by atoms with Gasteiger partial charge < -0.3 is 19.5 Å². The lowest BCUT2D eigenvalue weighted by Gasteiger charge is -2.19. The molecule has 0 saturated carbocycles. The smallest absolute Gasteiger partial charge is 0.251 e. The maximum atomic E-state index is 12.6.